The average molecular weight is 281 g/mol. The average Bonchev–Trinajstić information content (AvgIpc) is 2.48. The van der Waals surface area contributed by atoms with Crippen LogP contribution in [0.25, 0.3) is 0 Å². The van der Waals surface area contributed by atoms with Crippen molar-refractivity contribution in [2.24, 2.45) is 0 Å². The molecule has 0 radical (unpaired) electrons. The van der Waals surface area contributed by atoms with Crippen LogP contribution in [0.5, 0.6) is 0 Å². The zero-order valence-corrected chi connectivity index (χ0v) is 11.0. The number of aromatic nitrogens is 1. The van der Waals surface area contributed by atoms with E-state index in [2.05, 4.69) is 10.3 Å². The molecule has 20 heavy (non-hydrogen) atoms. The van der Waals surface area contributed by atoms with E-state index in [-0.39, 0.29) is 24.4 Å². The summed E-state index contributed by atoms with van der Waals surface area (Å²) in [5, 5.41) is 2.51. The highest BCUT2D eigenvalue weighted by atomic mass is 19.1. The van der Waals surface area contributed by atoms with Gasteiger partial charge in [0.05, 0.1) is 18.8 Å². The van der Waals surface area contributed by atoms with E-state index in [4.69, 9.17) is 4.74 Å². The molecule has 0 saturated carbocycles. The van der Waals surface area contributed by atoms with E-state index in [1.54, 1.807) is 4.90 Å². The van der Waals surface area contributed by atoms with Crippen LogP contribution in [-0.4, -0.2) is 54.5 Å². The van der Waals surface area contributed by atoms with Crippen LogP contribution in [-0.2, 0) is 9.53 Å². The van der Waals surface area contributed by atoms with Gasteiger partial charge in [-0.05, 0) is 12.1 Å². The fourth-order valence-corrected chi connectivity index (χ4v) is 1.90. The summed E-state index contributed by atoms with van der Waals surface area (Å²) < 4.78 is 18.4. The number of nitrogens with one attached hydrogen (secondary N) is 1. The normalized spacial score (nSPS) is 14.9. The zero-order chi connectivity index (χ0) is 14.4. The van der Waals surface area contributed by atoms with Gasteiger partial charge in [-0.3, -0.25) is 9.59 Å². The second-order valence-electron chi connectivity index (χ2n) is 4.34. The van der Waals surface area contributed by atoms with Crippen molar-refractivity contribution in [3.8, 4) is 0 Å². The van der Waals surface area contributed by atoms with Crippen LogP contribution in [0.15, 0.2) is 18.3 Å². The van der Waals surface area contributed by atoms with E-state index in [0.717, 1.165) is 0 Å². The quantitative estimate of drug-likeness (QED) is 0.800. The molecule has 108 valence electrons. The Labute approximate surface area is 115 Å². The maximum Gasteiger partial charge on any atom is 0.255 e. The predicted octanol–water partition coefficient (Wildman–Crippen LogP) is 0.199. The lowest BCUT2D eigenvalue weighted by Gasteiger charge is -2.26. The summed E-state index contributed by atoms with van der Waals surface area (Å²) in [7, 11) is 0. The molecule has 0 atom stereocenters. The Morgan fingerprint density at radius 3 is 2.85 bits per heavy atom. The van der Waals surface area contributed by atoms with Crippen LogP contribution in [0.1, 0.15) is 16.8 Å². The van der Waals surface area contributed by atoms with Gasteiger partial charge in [0.25, 0.3) is 5.91 Å². The summed E-state index contributed by atoms with van der Waals surface area (Å²) in [6.45, 7) is 2.40. The van der Waals surface area contributed by atoms with Crippen LogP contribution < -0.4 is 5.32 Å². The first-order valence-electron chi connectivity index (χ1n) is 6.42. The predicted molar refractivity (Wildman–Crippen MR) is 68.5 cm³/mol. The van der Waals surface area contributed by atoms with Crippen LogP contribution in [0.4, 0.5) is 4.39 Å². The van der Waals surface area contributed by atoms with Crippen molar-refractivity contribution >= 4 is 11.8 Å². The van der Waals surface area contributed by atoms with Crippen molar-refractivity contribution in [1.29, 1.82) is 0 Å². The van der Waals surface area contributed by atoms with Gasteiger partial charge in [0.15, 0.2) is 0 Å². The van der Waals surface area contributed by atoms with Gasteiger partial charge in [0.2, 0.25) is 11.9 Å². The van der Waals surface area contributed by atoms with Gasteiger partial charge < -0.3 is 15.0 Å². The first-order chi connectivity index (χ1) is 9.68. The topological polar surface area (TPSA) is 71.5 Å². The first-order valence-corrected chi connectivity index (χ1v) is 6.42. The summed E-state index contributed by atoms with van der Waals surface area (Å²) in [5.41, 5.74) is -0.119. The number of pyridine rings is 1. The minimum atomic E-state index is -0.815. The molecule has 1 aromatic heterocycles. The van der Waals surface area contributed by atoms with Crippen molar-refractivity contribution in [2.75, 3.05) is 32.8 Å². The molecule has 1 aliphatic heterocycles. The molecule has 1 N–H and O–H groups in total. The minimum absolute atomic E-state index is 0.0414. The Morgan fingerprint density at radius 1 is 1.40 bits per heavy atom. The highest BCUT2D eigenvalue weighted by Gasteiger charge is 2.17. The summed E-state index contributed by atoms with van der Waals surface area (Å²) in [4.78, 5) is 28.6. The summed E-state index contributed by atoms with van der Waals surface area (Å²) in [6, 6.07) is 2.83. The number of halogens is 1. The lowest BCUT2D eigenvalue weighted by molar-refractivity contribution is -0.135. The van der Waals surface area contributed by atoms with Crippen molar-refractivity contribution < 1.29 is 18.7 Å². The Bertz CT molecular complexity index is 490. The van der Waals surface area contributed by atoms with E-state index in [1.165, 1.54) is 18.3 Å². The van der Waals surface area contributed by atoms with Gasteiger partial charge in [-0.25, -0.2) is 4.98 Å². The Morgan fingerprint density at radius 2 is 2.15 bits per heavy atom. The molecular formula is C13H16FN3O3. The van der Waals surface area contributed by atoms with Gasteiger partial charge in [-0.1, -0.05) is 0 Å². The third kappa shape index (κ3) is 3.74. The Kier molecular flexibility index (Phi) is 5.00. The molecular weight excluding hydrogens is 265 g/mol. The third-order valence-electron chi connectivity index (χ3n) is 2.99. The number of nitrogens with zero attached hydrogens (tertiary/aromatic N) is 2. The molecule has 1 saturated heterocycles. The van der Waals surface area contributed by atoms with E-state index in [9.17, 15) is 14.0 Å². The van der Waals surface area contributed by atoms with E-state index in [1.807, 2.05) is 0 Å². The molecule has 6 nitrogen and oxygen atoms in total. The molecule has 0 unspecified atom stereocenters. The standard InChI is InChI=1S/C13H16FN3O3/c14-12-10(2-1-4-15-12)13(19)16-5-3-11(18)17-6-8-20-9-7-17/h1-2,4H,3,5-9H2,(H,16,19). The second kappa shape index (κ2) is 6.95. The van der Waals surface area contributed by atoms with Gasteiger partial charge in [-0.2, -0.15) is 4.39 Å². The van der Waals surface area contributed by atoms with Crippen molar-refractivity contribution in [3.05, 3.63) is 29.8 Å². The summed E-state index contributed by atoms with van der Waals surface area (Å²) >= 11 is 0. The molecule has 0 aliphatic carbocycles. The van der Waals surface area contributed by atoms with Gasteiger partial charge in [0.1, 0.15) is 0 Å². The van der Waals surface area contributed by atoms with Gasteiger partial charge in [0, 0.05) is 32.3 Å². The number of ether oxygens (including phenoxy) is 1. The zero-order valence-electron chi connectivity index (χ0n) is 11.0. The summed E-state index contributed by atoms with van der Waals surface area (Å²) in [6.07, 6.45) is 1.46. The summed E-state index contributed by atoms with van der Waals surface area (Å²) in [5.74, 6) is -1.42. The van der Waals surface area contributed by atoms with Crippen molar-refractivity contribution in [2.45, 2.75) is 6.42 Å². The van der Waals surface area contributed by atoms with Crippen LogP contribution in [0, 0.1) is 5.95 Å². The van der Waals surface area contributed by atoms with E-state index < -0.39 is 11.9 Å². The molecule has 7 heteroatoms. The monoisotopic (exact) mass is 281 g/mol. The number of morpholine rings is 1. The first kappa shape index (κ1) is 14.4. The Balaban J connectivity index is 1.76. The number of rotatable bonds is 4. The van der Waals surface area contributed by atoms with Crippen LogP contribution in [0.3, 0.4) is 0 Å². The lowest BCUT2D eigenvalue weighted by Crippen LogP contribution is -2.42. The molecule has 1 aromatic rings. The fourth-order valence-electron chi connectivity index (χ4n) is 1.90. The van der Waals surface area contributed by atoms with Gasteiger partial charge >= 0.3 is 0 Å². The molecule has 2 rings (SSSR count). The van der Waals surface area contributed by atoms with Crippen LogP contribution in [0.2, 0.25) is 0 Å². The molecule has 1 fully saturated rings. The molecule has 2 heterocycles. The Hall–Kier alpha value is -2.02. The maximum absolute atomic E-state index is 13.3. The molecule has 0 spiro atoms. The second-order valence-corrected chi connectivity index (χ2v) is 4.34. The van der Waals surface area contributed by atoms with E-state index in [0.29, 0.717) is 26.3 Å². The number of carbonyl (C=O) groups excluding carboxylic acids is 2. The number of hydrogen-bond acceptors (Lipinski definition) is 4. The molecule has 1 aliphatic rings. The number of carbonyl (C=O) groups is 2. The maximum atomic E-state index is 13.3. The van der Waals surface area contributed by atoms with Crippen molar-refractivity contribution in [3.63, 3.8) is 0 Å². The fraction of sp³-hybridized carbons (Fsp3) is 0.462. The number of amides is 2. The smallest absolute Gasteiger partial charge is 0.255 e. The SMILES string of the molecule is O=C(NCCC(=O)N1CCOCC1)c1cccnc1F. The highest BCUT2D eigenvalue weighted by Crippen LogP contribution is 2.03. The van der Waals surface area contributed by atoms with Gasteiger partial charge in [-0.15, -0.1) is 0 Å². The molecule has 0 aromatic carbocycles. The van der Waals surface area contributed by atoms with Crippen molar-refractivity contribution in [1.82, 2.24) is 15.2 Å². The lowest BCUT2D eigenvalue weighted by atomic mass is 10.2. The molecule has 0 bridgehead atoms. The van der Waals surface area contributed by atoms with E-state index >= 15 is 0 Å². The minimum Gasteiger partial charge on any atom is -0.378 e. The highest BCUT2D eigenvalue weighted by molar-refractivity contribution is 5.94. The van der Waals surface area contributed by atoms with Crippen LogP contribution >= 0.6 is 0 Å². The largest absolute Gasteiger partial charge is 0.378 e. The third-order valence-corrected chi connectivity index (χ3v) is 2.99. The number of hydrogen-bond donors (Lipinski definition) is 1. The molecule has 2 amide bonds.